The molecule has 3 rings (SSSR count). The van der Waals surface area contributed by atoms with Gasteiger partial charge in [0.25, 0.3) is 0 Å². The summed E-state index contributed by atoms with van der Waals surface area (Å²) < 4.78 is 16.0. The van der Waals surface area contributed by atoms with Crippen molar-refractivity contribution in [2.24, 2.45) is 5.92 Å². The molecule has 2 amide bonds. The van der Waals surface area contributed by atoms with E-state index in [2.05, 4.69) is 5.32 Å². The lowest BCUT2D eigenvalue weighted by Crippen LogP contribution is -2.28. The number of rotatable bonds is 6. The van der Waals surface area contributed by atoms with Gasteiger partial charge in [-0.15, -0.1) is 11.3 Å². The molecule has 2 heterocycles. The van der Waals surface area contributed by atoms with Gasteiger partial charge < -0.3 is 24.4 Å². The lowest BCUT2D eigenvalue weighted by molar-refractivity contribution is -0.122. The molecule has 2 aromatic rings. The molecule has 0 unspecified atom stereocenters. The molecule has 0 aliphatic carbocycles. The molecule has 28 heavy (non-hydrogen) atoms. The van der Waals surface area contributed by atoms with Crippen LogP contribution < -0.4 is 24.4 Å². The van der Waals surface area contributed by atoms with Gasteiger partial charge in [-0.25, -0.2) is 0 Å². The third-order valence-corrected chi connectivity index (χ3v) is 5.31. The molecule has 9 heteroatoms. The summed E-state index contributed by atoms with van der Waals surface area (Å²) in [7, 11) is 4.50. The van der Waals surface area contributed by atoms with Crippen molar-refractivity contribution in [1.29, 1.82) is 5.26 Å². The summed E-state index contributed by atoms with van der Waals surface area (Å²) in [4.78, 5) is 26.7. The van der Waals surface area contributed by atoms with Gasteiger partial charge in [0.2, 0.25) is 17.6 Å². The highest BCUT2D eigenvalue weighted by atomic mass is 32.1. The molecule has 1 aromatic carbocycles. The Hall–Kier alpha value is -3.25. The first-order valence-electron chi connectivity index (χ1n) is 8.41. The highest BCUT2D eigenvalue weighted by Gasteiger charge is 2.36. The number of anilines is 2. The van der Waals surface area contributed by atoms with E-state index in [-0.39, 0.29) is 24.8 Å². The second-order valence-corrected chi connectivity index (χ2v) is 6.97. The summed E-state index contributed by atoms with van der Waals surface area (Å²) in [5.41, 5.74) is 0.966. The molecule has 0 spiro atoms. The van der Waals surface area contributed by atoms with Gasteiger partial charge in [0.05, 0.1) is 38.5 Å². The molecule has 0 radical (unpaired) electrons. The fourth-order valence-electron chi connectivity index (χ4n) is 3.06. The molecule has 146 valence electrons. The zero-order chi connectivity index (χ0) is 20.3. The van der Waals surface area contributed by atoms with E-state index in [4.69, 9.17) is 19.5 Å². The van der Waals surface area contributed by atoms with Crippen molar-refractivity contribution in [3.8, 4) is 23.3 Å². The fraction of sp³-hybridized carbons (Fsp3) is 0.316. The van der Waals surface area contributed by atoms with Gasteiger partial charge in [0.15, 0.2) is 11.5 Å². The number of hydrogen-bond acceptors (Lipinski definition) is 7. The number of methoxy groups -OCH3 is 3. The quantitative estimate of drug-likeness (QED) is 0.799. The first-order valence-corrected chi connectivity index (χ1v) is 9.29. The number of carbonyl (C=O) groups is 2. The Bertz CT molecular complexity index is 924. The van der Waals surface area contributed by atoms with Crippen LogP contribution in [0.25, 0.3) is 0 Å². The van der Waals surface area contributed by atoms with Crippen LogP contribution in [0, 0.1) is 17.2 Å². The molecule has 1 aromatic heterocycles. The first kappa shape index (κ1) is 19.5. The number of carbonyl (C=O) groups excluding carboxylic acids is 2. The minimum atomic E-state index is -0.528. The fourth-order valence-corrected chi connectivity index (χ4v) is 3.80. The minimum absolute atomic E-state index is 0.0791. The van der Waals surface area contributed by atoms with E-state index in [0.717, 1.165) is 0 Å². The smallest absolute Gasteiger partial charge is 0.230 e. The van der Waals surface area contributed by atoms with Gasteiger partial charge in [-0.3, -0.25) is 9.59 Å². The molecule has 0 bridgehead atoms. The van der Waals surface area contributed by atoms with Crippen molar-refractivity contribution in [3.63, 3.8) is 0 Å². The molecule has 1 saturated heterocycles. The molecule has 1 fully saturated rings. The van der Waals surface area contributed by atoms with Crippen LogP contribution in [-0.2, 0) is 9.59 Å². The average molecular weight is 401 g/mol. The molecular weight excluding hydrogens is 382 g/mol. The zero-order valence-corrected chi connectivity index (χ0v) is 16.5. The van der Waals surface area contributed by atoms with Crippen molar-refractivity contribution in [3.05, 3.63) is 29.1 Å². The van der Waals surface area contributed by atoms with Gasteiger partial charge >= 0.3 is 0 Å². The van der Waals surface area contributed by atoms with Crippen LogP contribution in [0.4, 0.5) is 10.7 Å². The first-order chi connectivity index (χ1) is 13.5. The molecular formula is C19H19N3O5S. The minimum Gasteiger partial charge on any atom is -0.493 e. The van der Waals surface area contributed by atoms with Crippen LogP contribution in [0.5, 0.6) is 17.2 Å². The number of amides is 2. The Morgan fingerprint density at radius 1 is 1.25 bits per heavy atom. The van der Waals surface area contributed by atoms with Gasteiger partial charge in [-0.2, -0.15) is 5.26 Å². The third kappa shape index (κ3) is 3.59. The average Bonchev–Trinajstić information content (AvgIpc) is 3.32. The predicted octanol–water partition coefficient (Wildman–Crippen LogP) is 2.64. The standard InChI is InChI=1S/C19H19N3O5S/c1-25-14-7-13(8-15(26-2)17(14)27-3)22-10-12(6-16(22)23)18(24)21-19-11(9-20)4-5-28-19/h4-5,7-8,12H,6,10H2,1-3H3,(H,21,24)/t12-/m0/s1. The summed E-state index contributed by atoms with van der Waals surface area (Å²) in [6, 6.07) is 7.02. The highest BCUT2D eigenvalue weighted by molar-refractivity contribution is 7.14. The van der Waals surface area contributed by atoms with Gasteiger partial charge in [-0.05, 0) is 11.4 Å². The Morgan fingerprint density at radius 3 is 2.50 bits per heavy atom. The Balaban J connectivity index is 1.81. The van der Waals surface area contributed by atoms with Crippen molar-refractivity contribution in [1.82, 2.24) is 0 Å². The molecule has 0 saturated carbocycles. The number of hydrogen-bond donors (Lipinski definition) is 1. The summed E-state index contributed by atoms with van der Waals surface area (Å²) in [5, 5.41) is 14.0. The second-order valence-electron chi connectivity index (χ2n) is 6.05. The Labute approximate surface area is 166 Å². The van der Waals surface area contributed by atoms with Crippen LogP contribution in [0.3, 0.4) is 0 Å². The number of benzene rings is 1. The predicted molar refractivity (Wildman–Crippen MR) is 104 cm³/mol. The lowest BCUT2D eigenvalue weighted by Gasteiger charge is -2.20. The van der Waals surface area contributed by atoms with E-state index < -0.39 is 5.92 Å². The highest BCUT2D eigenvalue weighted by Crippen LogP contribution is 2.42. The van der Waals surface area contributed by atoms with Crippen LogP contribution in [0.1, 0.15) is 12.0 Å². The van der Waals surface area contributed by atoms with E-state index in [9.17, 15) is 9.59 Å². The molecule has 1 N–H and O–H groups in total. The van der Waals surface area contributed by atoms with Crippen LogP contribution in [0.2, 0.25) is 0 Å². The van der Waals surface area contributed by atoms with E-state index in [1.807, 2.05) is 6.07 Å². The maximum atomic E-state index is 12.6. The number of nitrogens with zero attached hydrogens (tertiary/aromatic N) is 2. The monoisotopic (exact) mass is 401 g/mol. The van der Waals surface area contributed by atoms with Crippen molar-refractivity contribution >= 4 is 33.8 Å². The Morgan fingerprint density at radius 2 is 1.93 bits per heavy atom. The summed E-state index contributed by atoms with van der Waals surface area (Å²) in [6.07, 6.45) is 0.0791. The molecule has 8 nitrogen and oxygen atoms in total. The van der Waals surface area contributed by atoms with Crippen LogP contribution in [-0.4, -0.2) is 39.7 Å². The van der Waals surface area contributed by atoms with Gasteiger partial charge in [0, 0.05) is 25.1 Å². The summed E-state index contributed by atoms with van der Waals surface area (Å²) >= 11 is 1.27. The van der Waals surface area contributed by atoms with E-state index in [1.54, 1.807) is 23.6 Å². The lowest BCUT2D eigenvalue weighted by atomic mass is 10.1. The largest absolute Gasteiger partial charge is 0.493 e. The maximum absolute atomic E-state index is 12.6. The van der Waals surface area contributed by atoms with Crippen LogP contribution >= 0.6 is 11.3 Å². The third-order valence-electron chi connectivity index (χ3n) is 4.48. The van der Waals surface area contributed by atoms with E-state index in [0.29, 0.717) is 33.5 Å². The SMILES string of the molecule is COc1cc(N2C[C@@H](C(=O)Nc3sccc3C#N)CC2=O)cc(OC)c1OC. The number of thiophene rings is 1. The Kier molecular flexibility index (Phi) is 5.70. The topological polar surface area (TPSA) is 101 Å². The normalized spacial score (nSPS) is 15.9. The molecule has 1 atom stereocenters. The molecule has 1 aliphatic rings. The van der Waals surface area contributed by atoms with Gasteiger partial charge in [-0.1, -0.05) is 0 Å². The van der Waals surface area contributed by atoms with Gasteiger partial charge in [0.1, 0.15) is 11.1 Å². The van der Waals surface area contributed by atoms with E-state index in [1.165, 1.54) is 37.6 Å². The van der Waals surface area contributed by atoms with Crippen LogP contribution in [0.15, 0.2) is 23.6 Å². The number of nitrogens with one attached hydrogen (secondary N) is 1. The van der Waals surface area contributed by atoms with E-state index >= 15 is 0 Å². The summed E-state index contributed by atoms with van der Waals surface area (Å²) in [5.74, 6) is 0.282. The summed E-state index contributed by atoms with van der Waals surface area (Å²) in [6.45, 7) is 0.219. The number of ether oxygens (including phenoxy) is 3. The zero-order valence-electron chi connectivity index (χ0n) is 15.6. The maximum Gasteiger partial charge on any atom is 0.230 e. The van der Waals surface area contributed by atoms with Crippen molar-refractivity contribution in [2.45, 2.75) is 6.42 Å². The second kappa shape index (κ2) is 8.19. The number of nitriles is 1. The van der Waals surface area contributed by atoms with Crippen molar-refractivity contribution in [2.75, 3.05) is 38.1 Å². The van der Waals surface area contributed by atoms with Crippen molar-refractivity contribution < 1.29 is 23.8 Å². The molecule has 1 aliphatic heterocycles.